The molecule has 146 valence electrons. The summed E-state index contributed by atoms with van der Waals surface area (Å²) in [6.45, 7) is 3.99. The first kappa shape index (κ1) is 18.3. The largest absolute Gasteiger partial charge is 0.497 e. The van der Waals surface area contributed by atoms with Gasteiger partial charge in [-0.15, -0.1) is 0 Å². The van der Waals surface area contributed by atoms with Crippen LogP contribution in [0.4, 0.5) is 11.5 Å². The zero-order valence-corrected chi connectivity index (χ0v) is 16.6. The van der Waals surface area contributed by atoms with E-state index in [0.29, 0.717) is 6.04 Å². The number of aryl methyl sites for hydroxylation is 1. The predicted octanol–water partition coefficient (Wildman–Crippen LogP) is 4.04. The van der Waals surface area contributed by atoms with Gasteiger partial charge < -0.3 is 19.7 Å². The second-order valence-electron chi connectivity index (χ2n) is 7.25. The number of benzene rings is 2. The number of rotatable bonds is 5. The number of fused-ring (bicyclic) bond motifs is 1. The minimum atomic E-state index is 0.320. The van der Waals surface area contributed by atoms with Crippen LogP contribution in [-0.2, 0) is 0 Å². The summed E-state index contributed by atoms with van der Waals surface area (Å²) < 4.78 is 10.8. The van der Waals surface area contributed by atoms with Crippen LogP contribution < -0.4 is 19.7 Å². The van der Waals surface area contributed by atoms with Crippen LogP contribution >= 0.6 is 0 Å². The zero-order chi connectivity index (χ0) is 19.5. The summed E-state index contributed by atoms with van der Waals surface area (Å²) in [5.41, 5.74) is 3.22. The summed E-state index contributed by atoms with van der Waals surface area (Å²) in [6, 6.07) is 12.5. The number of hydrogen-bond acceptors (Lipinski definition) is 6. The minimum Gasteiger partial charge on any atom is -0.497 e. The van der Waals surface area contributed by atoms with Crippen molar-refractivity contribution in [2.45, 2.75) is 25.8 Å². The normalized spacial score (nSPS) is 16.8. The number of nitrogens with one attached hydrogen (secondary N) is 1. The Hall–Kier alpha value is -3.02. The third kappa shape index (κ3) is 3.81. The number of ether oxygens (including phenoxy) is 2. The van der Waals surface area contributed by atoms with Gasteiger partial charge in [0.15, 0.2) is 0 Å². The maximum absolute atomic E-state index is 5.39. The van der Waals surface area contributed by atoms with E-state index in [1.54, 1.807) is 20.5 Å². The lowest BCUT2D eigenvalue weighted by atomic mass is 10.0. The smallest absolute Gasteiger partial charge is 0.139 e. The molecule has 0 bridgehead atoms. The molecule has 0 amide bonds. The highest BCUT2D eigenvalue weighted by Crippen LogP contribution is 2.30. The third-order valence-electron chi connectivity index (χ3n) is 5.21. The molecule has 1 aliphatic heterocycles. The average Bonchev–Trinajstić information content (AvgIpc) is 2.73. The van der Waals surface area contributed by atoms with Gasteiger partial charge in [0.2, 0.25) is 0 Å². The van der Waals surface area contributed by atoms with Crippen LogP contribution in [0.25, 0.3) is 10.9 Å². The van der Waals surface area contributed by atoms with E-state index in [9.17, 15) is 0 Å². The molecule has 0 spiro atoms. The highest BCUT2D eigenvalue weighted by atomic mass is 16.5. The number of hydrogen-bond donors (Lipinski definition) is 1. The standard InChI is InChI=1S/C22H26N4O2/c1-15-6-7-21-20(9-15)22(24-14-23-21)26-8-4-5-16(13-26)25-17-10-18(27-2)12-19(11-17)28-3/h6-7,9-12,14,16,25H,4-5,8,13H2,1-3H3. The van der Waals surface area contributed by atoms with Crippen LogP contribution in [0.1, 0.15) is 18.4 Å². The first-order valence-corrected chi connectivity index (χ1v) is 9.62. The molecule has 0 aliphatic carbocycles. The SMILES string of the molecule is COc1cc(NC2CCCN(c3ncnc4ccc(C)cc34)C2)cc(OC)c1. The first-order chi connectivity index (χ1) is 13.7. The summed E-state index contributed by atoms with van der Waals surface area (Å²) in [5, 5.41) is 4.76. The molecule has 6 nitrogen and oxygen atoms in total. The summed E-state index contributed by atoms with van der Waals surface area (Å²) in [4.78, 5) is 11.4. The second kappa shape index (κ2) is 7.92. The quantitative estimate of drug-likeness (QED) is 0.723. The van der Waals surface area contributed by atoms with Gasteiger partial charge in [0.1, 0.15) is 23.6 Å². The molecule has 1 aromatic heterocycles. The van der Waals surface area contributed by atoms with Crippen molar-refractivity contribution in [2.24, 2.45) is 0 Å². The van der Waals surface area contributed by atoms with E-state index in [4.69, 9.17) is 9.47 Å². The molecule has 1 unspecified atom stereocenters. The van der Waals surface area contributed by atoms with E-state index >= 15 is 0 Å². The monoisotopic (exact) mass is 378 g/mol. The van der Waals surface area contributed by atoms with Crippen molar-refractivity contribution < 1.29 is 9.47 Å². The van der Waals surface area contributed by atoms with Crippen LogP contribution in [0.15, 0.2) is 42.7 Å². The average molecular weight is 378 g/mol. The molecule has 1 saturated heterocycles. The van der Waals surface area contributed by atoms with Crippen LogP contribution in [0.2, 0.25) is 0 Å². The molecule has 28 heavy (non-hydrogen) atoms. The second-order valence-corrected chi connectivity index (χ2v) is 7.25. The summed E-state index contributed by atoms with van der Waals surface area (Å²) in [6.07, 6.45) is 3.88. The minimum absolute atomic E-state index is 0.320. The maximum atomic E-state index is 5.39. The lowest BCUT2D eigenvalue weighted by Crippen LogP contribution is -2.42. The van der Waals surface area contributed by atoms with Crippen molar-refractivity contribution in [1.29, 1.82) is 0 Å². The Morgan fingerprint density at radius 3 is 2.57 bits per heavy atom. The van der Waals surface area contributed by atoms with Crippen molar-refractivity contribution in [3.63, 3.8) is 0 Å². The van der Waals surface area contributed by atoms with Gasteiger partial charge in [0.05, 0.1) is 19.7 Å². The summed E-state index contributed by atoms with van der Waals surface area (Å²) >= 11 is 0. The lowest BCUT2D eigenvalue weighted by molar-refractivity contribution is 0.394. The first-order valence-electron chi connectivity index (χ1n) is 9.62. The van der Waals surface area contributed by atoms with E-state index < -0.39 is 0 Å². The molecule has 1 atom stereocenters. The maximum Gasteiger partial charge on any atom is 0.139 e. The third-order valence-corrected chi connectivity index (χ3v) is 5.21. The molecule has 1 N–H and O–H groups in total. The Bertz CT molecular complexity index is 954. The van der Waals surface area contributed by atoms with E-state index in [2.05, 4.69) is 45.3 Å². The summed E-state index contributed by atoms with van der Waals surface area (Å²) in [5.74, 6) is 2.59. The van der Waals surface area contributed by atoms with E-state index in [0.717, 1.165) is 59.8 Å². The lowest BCUT2D eigenvalue weighted by Gasteiger charge is -2.35. The zero-order valence-electron chi connectivity index (χ0n) is 16.6. The van der Waals surface area contributed by atoms with Crippen molar-refractivity contribution in [3.05, 3.63) is 48.3 Å². The van der Waals surface area contributed by atoms with Gasteiger partial charge in [-0.25, -0.2) is 9.97 Å². The Morgan fingerprint density at radius 2 is 1.82 bits per heavy atom. The van der Waals surface area contributed by atoms with Crippen molar-refractivity contribution in [1.82, 2.24) is 9.97 Å². The number of piperidine rings is 1. The van der Waals surface area contributed by atoms with Crippen LogP contribution in [0, 0.1) is 6.92 Å². The molecular weight excluding hydrogens is 352 g/mol. The molecule has 6 heteroatoms. The molecule has 1 aliphatic rings. The van der Waals surface area contributed by atoms with E-state index in [1.165, 1.54) is 5.56 Å². The molecule has 2 aromatic carbocycles. The van der Waals surface area contributed by atoms with Crippen molar-refractivity contribution in [3.8, 4) is 11.5 Å². The molecule has 3 aromatic rings. The van der Waals surface area contributed by atoms with Gasteiger partial charge in [-0.3, -0.25) is 0 Å². The van der Waals surface area contributed by atoms with Crippen LogP contribution in [0.3, 0.4) is 0 Å². The highest BCUT2D eigenvalue weighted by Gasteiger charge is 2.23. The highest BCUT2D eigenvalue weighted by molar-refractivity contribution is 5.89. The van der Waals surface area contributed by atoms with Gasteiger partial charge >= 0.3 is 0 Å². The molecule has 1 fully saturated rings. The van der Waals surface area contributed by atoms with Gasteiger partial charge in [-0.05, 0) is 31.9 Å². The molecule has 0 saturated carbocycles. The van der Waals surface area contributed by atoms with Crippen LogP contribution in [0.5, 0.6) is 11.5 Å². The fraction of sp³-hybridized carbons (Fsp3) is 0.364. The Labute approximate surface area is 165 Å². The van der Waals surface area contributed by atoms with Gasteiger partial charge in [0, 0.05) is 48.4 Å². The predicted molar refractivity (Wildman–Crippen MR) is 113 cm³/mol. The Kier molecular flexibility index (Phi) is 5.19. The number of aromatic nitrogens is 2. The number of anilines is 2. The van der Waals surface area contributed by atoms with Gasteiger partial charge in [-0.1, -0.05) is 11.6 Å². The molecule has 2 heterocycles. The number of methoxy groups -OCH3 is 2. The van der Waals surface area contributed by atoms with E-state index in [1.807, 2.05) is 18.2 Å². The summed E-state index contributed by atoms with van der Waals surface area (Å²) in [7, 11) is 3.34. The number of nitrogens with zero attached hydrogens (tertiary/aromatic N) is 3. The Balaban J connectivity index is 1.57. The van der Waals surface area contributed by atoms with Gasteiger partial charge in [0.25, 0.3) is 0 Å². The topological polar surface area (TPSA) is 59.5 Å². The fourth-order valence-electron chi connectivity index (χ4n) is 3.82. The van der Waals surface area contributed by atoms with Crippen molar-refractivity contribution in [2.75, 3.05) is 37.5 Å². The molecule has 4 rings (SSSR count). The fourth-order valence-corrected chi connectivity index (χ4v) is 3.82. The molecular formula is C22H26N4O2. The van der Waals surface area contributed by atoms with Gasteiger partial charge in [-0.2, -0.15) is 0 Å². The van der Waals surface area contributed by atoms with Crippen LogP contribution in [-0.4, -0.2) is 43.3 Å². The Morgan fingerprint density at radius 1 is 1.04 bits per heavy atom. The molecule has 0 radical (unpaired) electrons. The van der Waals surface area contributed by atoms with Crippen molar-refractivity contribution >= 4 is 22.4 Å². The van der Waals surface area contributed by atoms with E-state index in [-0.39, 0.29) is 0 Å².